The zero-order chi connectivity index (χ0) is 22.9. The summed E-state index contributed by atoms with van der Waals surface area (Å²) in [5.74, 6) is 0.465. The Morgan fingerprint density at radius 3 is 2.44 bits per heavy atom. The Hall–Kier alpha value is -3.04. The Kier molecular flexibility index (Phi) is 6.12. The van der Waals surface area contributed by atoms with Crippen LogP contribution in [0.1, 0.15) is 34.7 Å². The molecule has 32 heavy (non-hydrogen) atoms. The van der Waals surface area contributed by atoms with Gasteiger partial charge in [0.05, 0.1) is 10.6 Å². The molecule has 0 aliphatic heterocycles. The van der Waals surface area contributed by atoms with Crippen LogP contribution in [0.4, 0.5) is 24.7 Å². The Morgan fingerprint density at radius 1 is 1.03 bits per heavy atom. The standard InChI is InChI=1S/C23H22F3N5S/c1-14(31(2)3)18-7-5-4-6-15(18)12-19-30-20-21(27-13-28-22(20)32-19)29-17-10-8-16(9-11-17)23(24,25)26/h4-11,13-14H,12H2,1-3H3,(H,27,28,29). The van der Waals surface area contributed by atoms with E-state index in [9.17, 15) is 13.2 Å². The van der Waals surface area contributed by atoms with Crippen LogP contribution in [0.15, 0.2) is 54.9 Å². The Balaban J connectivity index is 1.61. The second-order valence-corrected chi connectivity index (χ2v) is 8.76. The van der Waals surface area contributed by atoms with Crippen LogP contribution in [0.25, 0.3) is 10.3 Å². The zero-order valence-corrected chi connectivity index (χ0v) is 18.6. The van der Waals surface area contributed by atoms with E-state index in [2.05, 4.69) is 39.2 Å². The zero-order valence-electron chi connectivity index (χ0n) is 17.8. The number of hydrogen-bond donors (Lipinski definition) is 1. The molecule has 0 saturated heterocycles. The second-order valence-electron chi connectivity index (χ2n) is 7.70. The van der Waals surface area contributed by atoms with Crippen molar-refractivity contribution >= 4 is 33.2 Å². The first-order valence-corrected chi connectivity index (χ1v) is 10.8. The van der Waals surface area contributed by atoms with Gasteiger partial charge in [-0.1, -0.05) is 35.6 Å². The highest BCUT2D eigenvalue weighted by molar-refractivity contribution is 7.18. The van der Waals surface area contributed by atoms with Crippen LogP contribution in [0.2, 0.25) is 0 Å². The molecule has 2 heterocycles. The number of halogens is 3. The molecule has 2 aromatic carbocycles. The lowest BCUT2D eigenvalue weighted by molar-refractivity contribution is -0.137. The van der Waals surface area contributed by atoms with Crippen molar-refractivity contribution in [2.24, 2.45) is 0 Å². The summed E-state index contributed by atoms with van der Waals surface area (Å²) in [7, 11) is 4.10. The van der Waals surface area contributed by atoms with Gasteiger partial charge in [0.25, 0.3) is 0 Å². The van der Waals surface area contributed by atoms with E-state index in [0.29, 0.717) is 23.4 Å². The van der Waals surface area contributed by atoms with Crippen LogP contribution in [-0.4, -0.2) is 33.9 Å². The molecule has 0 bridgehead atoms. The number of hydrogen-bond acceptors (Lipinski definition) is 6. The summed E-state index contributed by atoms with van der Waals surface area (Å²) in [6.07, 6.45) is -2.28. The number of nitrogens with one attached hydrogen (secondary N) is 1. The van der Waals surface area contributed by atoms with Crippen molar-refractivity contribution < 1.29 is 13.2 Å². The minimum absolute atomic E-state index is 0.261. The van der Waals surface area contributed by atoms with Crippen molar-refractivity contribution in [1.82, 2.24) is 19.9 Å². The average Bonchev–Trinajstić information content (AvgIpc) is 3.17. The highest BCUT2D eigenvalue weighted by Gasteiger charge is 2.30. The summed E-state index contributed by atoms with van der Waals surface area (Å²) in [6.45, 7) is 2.16. The third-order valence-corrected chi connectivity index (χ3v) is 6.30. The molecule has 4 rings (SSSR count). The van der Waals surface area contributed by atoms with Gasteiger partial charge in [0.1, 0.15) is 16.7 Å². The minimum Gasteiger partial charge on any atom is -0.338 e. The molecule has 0 aliphatic rings. The van der Waals surface area contributed by atoms with Crippen molar-refractivity contribution in [3.8, 4) is 0 Å². The third-order valence-electron chi connectivity index (χ3n) is 5.34. The first-order valence-electron chi connectivity index (χ1n) is 10.0. The van der Waals surface area contributed by atoms with Gasteiger partial charge in [0.2, 0.25) is 0 Å². The number of rotatable bonds is 6. The third kappa shape index (κ3) is 4.73. The second kappa shape index (κ2) is 8.84. The van der Waals surface area contributed by atoms with E-state index in [1.807, 2.05) is 26.2 Å². The summed E-state index contributed by atoms with van der Waals surface area (Å²) in [5.41, 5.74) is 2.84. The van der Waals surface area contributed by atoms with Crippen molar-refractivity contribution in [2.75, 3.05) is 19.4 Å². The maximum absolute atomic E-state index is 12.8. The maximum atomic E-state index is 12.8. The summed E-state index contributed by atoms with van der Waals surface area (Å²) >= 11 is 1.49. The lowest BCUT2D eigenvalue weighted by Crippen LogP contribution is -2.18. The normalized spacial score (nSPS) is 13.0. The fourth-order valence-electron chi connectivity index (χ4n) is 3.39. The van der Waals surface area contributed by atoms with E-state index in [-0.39, 0.29) is 6.04 Å². The fourth-order valence-corrected chi connectivity index (χ4v) is 4.31. The summed E-state index contributed by atoms with van der Waals surface area (Å²) in [4.78, 5) is 16.2. The number of alkyl halides is 3. The molecule has 5 nitrogen and oxygen atoms in total. The fraction of sp³-hybridized carbons (Fsp3) is 0.261. The molecule has 0 saturated carbocycles. The highest BCUT2D eigenvalue weighted by atomic mass is 32.1. The molecule has 0 spiro atoms. The van der Waals surface area contributed by atoms with Gasteiger partial charge in [0, 0.05) is 18.2 Å². The van der Waals surface area contributed by atoms with Gasteiger partial charge >= 0.3 is 6.18 Å². The smallest absolute Gasteiger partial charge is 0.338 e. The van der Waals surface area contributed by atoms with Crippen LogP contribution in [0.5, 0.6) is 0 Å². The summed E-state index contributed by atoms with van der Waals surface area (Å²) < 4.78 is 38.4. The quantitative estimate of drug-likeness (QED) is 0.381. The first kappa shape index (κ1) is 22.2. The molecular weight excluding hydrogens is 435 g/mol. The lowest BCUT2D eigenvalue weighted by Gasteiger charge is -2.22. The van der Waals surface area contributed by atoms with Crippen molar-refractivity contribution in [2.45, 2.75) is 25.6 Å². The summed E-state index contributed by atoms with van der Waals surface area (Å²) in [5, 5.41) is 3.96. The molecule has 9 heteroatoms. The van der Waals surface area contributed by atoms with Crippen LogP contribution < -0.4 is 5.32 Å². The molecule has 166 valence electrons. The Labute approximate surface area is 188 Å². The SMILES string of the molecule is CC(c1ccccc1Cc1nc2c(Nc3ccc(C(F)(F)F)cc3)ncnc2s1)N(C)C. The van der Waals surface area contributed by atoms with Gasteiger partial charge in [-0.25, -0.2) is 15.0 Å². The van der Waals surface area contributed by atoms with E-state index in [1.165, 1.54) is 40.9 Å². The van der Waals surface area contributed by atoms with Crippen molar-refractivity contribution in [3.63, 3.8) is 0 Å². The van der Waals surface area contributed by atoms with E-state index in [0.717, 1.165) is 22.0 Å². The maximum Gasteiger partial charge on any atom is 0.416 e. The molecule has 4 aromatic rings. The molecular formula is C23H22F3N5S. The van der Waals surface area contributed by atoms with Crippen LogP contribution in [-0.2, 0) is 12.6 Å². The molecule has 1 atom stereocenters. The largest absolute Gasteiger partial charge is 0.416 e. The van der Waals surface area contributed by atoms with Gasteiger partial charge in [0.15, 0.2) is 5.82 Å². The van der Waals surface area contributed by atoms with Crippen LogP contribution >= 0.6 is 11.3 Å². The molecule has 2 aromatic heterocycles. The van der Waals surface area contributed by atoms with Crippen molar-refractivity contribution in [1.29, 1.82) is 0 Å². The molecule has 0 amide bonds. The molecule has 1 N–H and O–H groups in total. The number of aromatic nitrogens is 3. The van der Waals surface area contributed by atoms with E-state index in [4.69, 9.17) is 4.98 Å². The molecule has 0 aliphatic carbocycles. The van der Waals surface area contributed by atoms with E-state index >= 15 is 0 Å². The molecule has 0 fully saturated rings. The lowest BCUT2D eigenvalue weighted by atomic mass is 9.99. The molecule has 0 radical (unpaired) electrons. The predicted octanol–water partition coefficient (Wildman–Crippen LogP) is 6.06. The minimum atomic E-state index is -4.37. The van der Waals surface area contributed by atoms with Gasteiger partial charge in [-0.05, 0) is 56.4 Å². The van der Waals surface area contributed by atoms with Gasteiger partial charge < -0.3 is 10.2 Å². The number of fused-ring (bicyclic) bond motifs is 1. The highest BCUT2D eigenvalue weighted by Crippen LogP contribution is 2.32. The molecule has 1 unspecified atom stereocenters. The number of anilines is 2. The predicted molar refractivity (Wildman–Crippen MR) is 121 cm³/mol. The number of thiazole rings is 1. The topological polar surface area (TPSA) is 53.9 Å². The van der Waals surface area contributed by atoms with Crippen molar-refractivity contribution in [3.05, 3.63) is 76.6 Å². The average molecular weight is 458 g/mol. The number of nitrogens with zero attached hydrogens (tertiary/aromatic N) is 4. The van der Waals surface area contributed by atoms with Crippen LogP contribution in [0.3, 0.4) is 0 Å². The van der Waals surface area contributed by atoms with E-state index < -0.39 is 11.7 Å². The number of benzene rings is 2. The Morgan fingerprint density at radius 2 is 1.75 bits per heavy atom. The summed E-state index contributed by atoms with van der Waals surface area (Å²) in [6, 6.07) is 13.4. The van der Waals surface area contributed by atoms with Gasteiger partial charge in [-0.3, -0.25) is 0 Å². The van der Waals surface area contributed by atoms with Gasteiger partial charge in [-0.15, -0.1) is 0 Å². The van der Waals surface area contributed by atoms with Crippen LogP contribution in [0, 0.1) is 0 Å². The van der Waals surface area contributed by atoms with Gasteiger partial charge in [-0.2, -0.15) is 13.2 Å². The monoisotopic (exact) mass is 457 g/mol. The Bertz CT molecular complexity index is 1220. The van der Waals surface area contributed by atoms with E-state index in [1.54, 1.807) is 0 Å². The first-order chi connectivity index (χ1) is 15.2.